The Labute approximate surface area is 148 Å². The molecule has 0 fully saturated rings. The summed E-state index contributed by atoms with van der Waals surface area (Å²) >= 11 is 1.39. The van der Waals surface area contributed by atoms with Crippen molar-refractivity contribution in [3.63, 3.8) is 0 Å². The van der Waals surface area contributed by atoms with Crippen LogP contribution in [0.2, 0.25) is 0 Å². The standard InChI is InChI=1S/C19H15N3O2S/c1-11-3-4-14(18(23)21-19-20-7-8-25-19)9-16(11)13-5-6-15-12(2)22-24-17(15)10-13/h3-10H,1-2H3,(H,20,21,23). The molecule has 2 aromatic carbocycles. The normalized spacial score (nSPS) is 11.0. The summed E-state index contributed by atoms with van der Waals surface area (Å²) in [5.41, 5.74) is 5.26. The Balaban J connectivity index is 1.72. The van der Waals surface area contributed by atoms with Gasteiger partial charge in [-0.25, -0.2) is 4.98 Å². The Hall–Kier alpha value is -2.99. The zero-order chi connectivity index (χ0) is 17.4. The molecule has 6 heteroatoms. The lowest BCUT2D eigenvalue weighted by Crippen LogP contribution is -2.11. The van der Waals surface area contributed by atoms with E-state index in [0.717, 1.165) is 33.4 Å². The van der Waals surface area contributed by atoms with E-state index in [-0.39, 0.29) is 5.91 Å². The lowest BCUT2D eigenvalue weighted by molar-refractivity contribution is 0.102. The van der Waals surface area contributed by atoms with Crippen LogP contribution in [0.3, 0.4) is 0 Å². The molecule has 0 atom stereocenters. The third kappa shape index (κ3) is 2.92. The van der Waals surface area contributed by atoms with Gasteiger partial charge in [-0.3, -0.25) is 10.1 Å². The van der Waals surface area contributed by atoms with Crippen molar-refractivity contribution < 1.29 is 9.32 Å². The van der Waals surface area contributed by atoms with Crippen molar-refractivity contribution >= 4 is 33.3 Å². The molecule has 1 N–H and O–H groups in total. The number of thiazole rings is 1. The second-order valence-electron chi connectivity index (χ2n) is 5.80. The van der Waals surface area contributed by atoms with Crippen molar-refractivity contribution in [2.45, 2.75) is 13.8 Å². The van der Waals surface area contributed by atoms with E-state index >= 15 is 0 Å². The van der Waals surface area contributed by atoms with Crippen molar-refractivity contribution in [3.8, 4) is 11.1 Å². The van der Waals surface area contributed by atoms with Crippen molar-refractivity contribution in [1.29, 1.82) is 0 Å². The highest BCUT2D eigenvalue weighted by molar-refractivity contribution is 7.13. The van der Waals surface area contributed by atoms with Gasteiger partial charge in [0.25, 0.3) is 5.91 Å². The van der Waals surface area contributed by atoms with Crippen LogP contribution in [-0.2, 0) is 0 Å². The molecule has 0 radical (unpaired) electrons. The quantitative estimate of drug-likeness (QED) is 0.576. The number of aryl methyl sites for hydroxylation is 2. The van der Waals surface area contributed by atoms with Crippen LogP contribution in [0.1, 0.15) is 21.6 Å². The summed E-state index contributed by atoms with van der Waals surface area (Å²) in [4.78, 5) is 16.5. The van der Waals surface area contributed by atoms with Gasteiger partial charge in [0.1, 0.15) is 0 Å². The number of anilines is 1. The third-order valence-corrected chi connectivity index (χ3v) is 4.80. The van der Waals surface area contributed by atoms with Crippen LogP contribution in [0.4, 0.5) is 5.13 Å². The van der Waals surface area contributed by atoms with E-state index in [1.54, 1.807) is 6.20 Å². The molecule has 0 aliphatic carbocycles. The Bertz CT molecular complexity index is 1070. The van der Waals surface area contributed by atoms with Crippen LogP contribution in [-0.4, -0.2) is 16.0 Å². The smallest absolute Gasteiger partial charge is 0.257 e. The molecule has 124 valence electrons. The van der Waals surface area contributed by atoms with Gasteiger partial charge < -0.3 is 4.52 Å². The maximum Gasteiger partial charge on any atom is 0.257 e. The van der Waals surface area contributed by atoms with Gasteiger partial charge in [0, 0.05) is 22.5 Å². The maximum absolute atomic E-state index is 12.4. The molecule has 0 unspecified atom stereocenters. The summed E-state index contributed by atoms with van der Waals surface area (Å²) in [6.45, 7) is 3.94. The molecular weight excluding hydrogens is 334 g/mol. The molecule has 2 aromatic heterocycles. The van der Waals surface area contributed by atoms with Crippen molar-refractivity contribution in [3.05, 3.63) is 64.8 Å². The van der Waals surface area contributed by atoms with Gasteiger partial charge in [0.2, 0.25) is 0 Å². The van der Waals surface area contributed by atoms with Gasteiger partial charge >= 0.3 is 0 Å². The zero-order valence-electron chi connectivity index (χ0n) is 13.7. The first-order chi connectivity index (χ1) is 12.1. The number of fused-ring (bicyclic) bond motifs is 1. The van der Waals surface area contributed by atoms with Crippen molar-refractivity contribution in [2.24, 2.45) is 0 Å². The Morgan fingerprint density at radius 1 is 1.16 bits per heavy atom. The minimum Gasteiger partial charge on any atom is -0.356 e. The number of carbonyl (C=O) groups is 1. The SMILES string of the molecule is Cc1ccc(C(=O)Nc2nccs2)cc1-c1ccc2c(C)noc2c1. The fourth-order valence-electron chi connectivity index (χ4n) is 2.76. The number of aromatic nitrogens is 2. The molecule has 0 spiro atoms. The van der Waals surface area contributed by atoms with Gasteiger partial charge in [-0.05, 0) is 54.8 Å². The summed E-state index contributed by atoms with van der Waals surface area (Å²) in [6.07, 6.45) is 1.66. The van der Waals surface area contributed by atoms with E-state index in [4.69, 9.17) is 4.52 Å². The summed E-state index contributed by atoms with van der Waals surface area (Å²) in [7, 11) is 0. The van der Waals surface area contributed by atoms with Gasteiger partial charge in [-0.2, -0.15) is 0 Å². The average Bonchev–Trinajstić information content (AvgIpc) is 3.25. The lowest BCUT2D eigenvalue weighted by Gasteiger charge is -2.09. The Kier molecular flexibility index (Phi) is 3.82. The molecule has 4 aromatic rings. The predicted octanol–water partition coefficient (Wildman–Crippen LogP) is 4.82. The van der Waals surface area contributed by atoms with Crippen LogP contribution in [0.5, 0.6) is 0 Å². The van der Waals surface area contributed by atoms with E-state index in [2.05, 4.69) is 15.5 Å². The topological polar surface area (TPSA) is 68.0 Å². The molecule has 0 saturated carbocycles. The van der Waals surface area contributed by atoms with Gasteiger partial charge in [-0.15, -0.1) is 11.3 Å². The van der Waals surface area contributed by atoms with Crippen LogP contribution in [0, 0.1) is 13.8 Å². The fourth-order valence-corrected chi connectivity index (χ4v) is 3.28. The molecule has 1 amide bonds. The molecule has 4 rings (SSSR count). The largest absolute Gasteiger partial charge is 0.356 e. The number of nitrogens with one attached hydrogen (secondary N) is 1. The van der Waals surface area contributed by atoms with E-state index in [9.17, 15) is 4.79 Å². The zero-order valence-corrected chi connectivity index (χ0v) is 14.6. The number of carbonyl (C=O) groups excluding carboxylic acids is 1. The summed E-state index contributed by atoms with van der Waals surface area (Å²) in [6, 6.07) is 11.6. The molecule has 2 heterocycles. The molecule has 25 heavy (non-hydrogen) atoms. The number of nitrogens with zero attached hydrogens (tertiary/aromatic N) is 2. The minimum absolute atomic E-state index is 0.173. The summed E-state index contributed by atoms with van der Waals surface area (Å²) in [5.74, 6) is -0.173. The van der Waals surface area contributed by atoms with Crippen molar-refractivity contribution in [1.82, 2.24) is 10.1 Å². The summed E-state index contributed by atoms with van der Waals surface area (Å²) in [5, 5.41) is 10.2. The average molecular weight is 349 g/mol. The van der Waals surface area contributed by atoms with E-state index in [0.29, 0.717) is 10.7 Å². The molecule has 0 bridgehead atoms. The minimum atomic E-state index is -0.173. The first kappa shape index (κ1) is 15.5. The first-order valence-electron chi connectivity index (χ1n) is 7.80. The number of hydrogen-bond acceptors (Lipinski definition) is 5. The lowest BCUT2D eigenvalue weighted by atomic mass is 9.97. The maximum atomic E-state index is 12.4. The number of benzene rings is 2. The molecule has 0 aliphatic heterocycles. The van der Waals surface area contributed by atoms with Crippen LogP contribution in [0.25, 0.3) is 22.1 Å². The Morgan fingerprint density at radius 3 is 2.84 bits per heavy atom. The van der Waals surface area contributed by atoms with Crippen LogP contribution >= 0.6 is 11.3 Å². The second-order valence-corrected chi connectivity index (χ2v) is 6.69. The highest BCUT2D eigenvalue weighted by Gasteiger charge is 2.12. The second kappa shape index (κ2) is 6.14. The molecule has 0 saturated heterocycles. The van der Waals surface area contributed by atoms with Crippen LogP contribution in [0.15, 0.2) is 52.5 Å². The number of hydrogen-bond donors (Lipinski definition) is 1. The number of rotatable bonds is 3. The predicted molar refractivity (Wildman–Crippen MR) is 99.0 cm³/mol. The molecule has 0 aliphatic rings. The Morgan fingerprint density at radius 2 is 2.04 bits per heavy atom. The van der Waals surface area contributed by atoms with Crippen molar-refractivity contribution in [2.75, 3.05) is 5.32 Å². The van der Waals surface area contributed by atoms with Crippen LogP contribution < -0.4 is 5.32 Å². The van der Waals surface area contributed by atoms with Gasteiger partial charge in [0.05, 0.1) is 5.69 Å². The molecular formula is C19H15N3O2S. The number of amides is 1. The van der Waals surface area contributed by atoms with Gasteiger partial charge in [0.15, 0.2) is 10.7 Å². The van der Waals surface area contributed by atoms with E-state index in [1.807, 2.05) is 55.6 Å². The highest BCUT2D eigenvalue weighted by Crippen LogP contribution is 2.29. The fraction of sp³-hybridized carbons (Fsp3) is 0.105. The molecule has 5 nitrogen and oxygen atoms in total. The summed E-state index contributed by atoms with van der Waals surface area (Å²) < 4.78 is 5.36. The van der Waals surface area contributed by atoms with E-state index in [1.165, 1.54) is 11.3 Å². The highest BCUT2D eigenvalue weighted by atomic mass is 32.1. The third-order valence-electron chi connectivity index (χ3n) is 4.12. The van der Waals surface area contributed by atoms with Gasteiger partial charge in [-0.1, -0.05) is 17.3 Å². The monoisotopic (exact) mass is 349 g/mol. The van der Waals surface area contributed by atoms with E-state index < -0.39 is 0 Å². The first-order valence-corrected chi connectivity index (χ1v) is 8.68.